The van der Waals surface area contributed by atoms with Gasteiger partial charge in [-0.25, -0.2) is 8.78 Å². The number of rotatable bonds is 4. The Bertz CT molecular complexity index is 540. The van der Waals surface area contributed by atoms with Gasteiger partial charge in [0, 0.05) is 31.7 Å². The average Bonchev–Trinajstić information content (AvgIpc) is 2.46. The molecule has 22 heavy (non-hydrogen) atoms. The topological polar surface area (TPSA) is 64.0 Å². The molecular formula is C15H20F2N2O3. The van der Waals surface area contributed by atoms with Crippen LogP contribution in [0.4, 0.5) is 8.78 Å². The van der Waals surface area contributed by atoms with E-state index >= 15 is 0 Å². The predicted molar refractivity (Wildman–Crippen MR) is 77.3 cm³/mol. The average molecular weight is 314 g/mol. The lowest BCUT2D eigenvalue weighted by atomic mass is 10.1. The number of hydrogen-bond donors (Lipinski definition) is 2. The fourth-order valence-electron chi connectivity index (χ4n) is 2.75. The number of aromatic hydroxyl groups is 2. The fourth-order valence-corrected chi connectivity index (χ4v) is 2.75. The summed E-state index contributed by atoms with van der Waals surface area (Å²) in [5, 5.41) is 19.0. The van der Waals surface area contributed by atoms with Gasteiger partial charge in [-0.1, -0.05) is 6.92 Å². The Morgan fingerprint density at radius 1 is 1.36 bits per heavy atom. The second kappa shape index (κ2) is 6.91. The number of phenolic OH excluding ortho intramolecular Hbond substituents is 2. The van der Waals surface area contributed by atoms with E-state index in [1.165, 1.54) is 12.1 Å². The standard InChI is InChI=1S/C15H20F2N2O3/c1-2-10-8-19(6-5-18(10)9-14(16)17)15(22)12-4-3-11(20)7-13(12)21/h3-4,7,10,14,20-21H,2,5-6,8-9H2,1H3/t10-/m0/s1. The monoisotopic (exact) mass is 314 g/mol. The molecule has 0 radical (unpaired) electrons. The molecule has 0 saturated carbocycles. The van der Waals surface area contributed by atoms with Crippen molar-refractivity contribution in [3.05, 3.63) is 23.8 Å². The van der Waals surface area contributed by atoms with Crippen LogP contribution in [0, 0.1) is 0 Å². The third-order valence-electron chi connectivity index (χ3n) is 3.95. The smallest absolute Gasteiger partial charge is 0.257 e. The Hall–Kier alpha value is -1.89. The lowest BCUT2D eigenvalue weighted by molar-refractivity contribution is 0.0185. The number of carbonyl (C=O) groups is 1. The zero-order valence-electron chi connectivity index (χ0n) is 12.4. The van der Waals surface area contributed by atoms with E-state index in [4.69, 9.17) is 0 Å². The first kappa shape index (κ1) is 16.5. The van der Waals surface area contributed by atoms with Crippen LogP contribution >= 0.6 is 0 Å². The van der Waals surface area contributed by atoms with Gasteiger partial charge in [0.2, 0.25) is 0 Å². The van der Waals surface area contributed by atoms with E-state index in [2.05, 4.69) is 0 Å². The molecule has 1 atom stereocenters. The fraction of sp³-hybridized carbons (Fsp3) is 0.533. The van der Waals surface area contributed by atoms with Crippen molar-refractivity contribution in [1.29, 1.82) is 0 Å². The number of benzene rings is 1. The molecular weight excluding hydrogens is 294 g/mol. The highest BCUT2D eigenvalue weighted by Crippen LogP contribution is 2.25. The highest BCUT2D eigenvalue weighted by molar-refractivity contribution is 5.97. The summed E-state index contributed by atoms with van der Waals surface area (Å²) in [6, 6.07) is 3.68. The van der Waals surface area contributed by atoms with Crippen LogP contribution < -0.4 is 0 Å². The highest BCUT2D eigenvalue weighted by Gasteiger charge is 2.31. The van der Waals surface area contributed by atoms with E-state index in [-0.39, 0.29) is 35.6 Å². The highest BCUT2D eigenvalue weighted by atomic mass is 19.3. The molecule has 0 spiro atoms. The third kappa shape index (κ3) is 3.65. The Labute approximate surface area is 127 Å². The molecule has 0 unspecified atom stereocenters. The zero-order chi connectivity index (χ0) is 16.3. The first-order chi connectivity index (χ1) is 10.4. The van der Waals surface area contributed by atoms with Crippen LogP contribution in [0.5, 0.6) is 11.5 Å². The van der Waals surface area contributed by atoms with Gasteiger partial charge in [-0.2, -0.15) is 0 Å². The van der Waals surface area contributed by atoms with Crippen LogP contribution in [0.25, 0.3) is 0 Å². The number of halogens is 2. The number of hydrogen-bond acceptors (Lipinski definition) is 4. The Balaban J connectivity index is 2.09. The van der Waals surface area contributed by atoms with Gasteiger partial charge < -0.3 is 15.1 Å². The molecule has 1 fully saturated rings. The number of carbonyl (C=O) groups excluding carboxylic acids is 1. The summed E-state index contributed by atoms with van der Waals surface area (Å²) in [6.45, 7) is 2.68. The van der Waals surface area contributed by atoms with E-state index < -0.39 is 6.43 Å². The van der Waals surface area contributed by atoms with E-state index in [0.717, 1.165) is 6.07 Å². The van der Waals surface area contributed by atoms with Gasteiger partial charge in [0.05, 0.1) is 12.1 Å². The second-order valence-electron chi connectivity index (χ2n) is 5.40. The van der Waals surface area contributed by atoms with Gasteiger partial charge >= 0.3 is 0 Å². The number of alkyl halides is 2. The molecule has 1 saturated heterocycles. The van der Waals surface area contributed by atoms with Crippen LogP contribution in [0.1, 0.15) is 23.7 Å². The Kier molecular flexibility index (Phi) is 5.18. The number of phenols is 2. The Morgan fingerprint density at radius 3 is 2.68 bits per heavy atom. The number of nitrogens with zero attached hydrogens (tertiary/aromatic N) is 2. The van der Waals surface area contributed by atoms with Crippen LogP contribution in [-0.4, -0.2) is 64.6 Å². The summed E-state index contributed by atoms with van der Waals surface area (Å²) in [6.07, 6.45) is -1.73. The van der Waals surface area contributed by atoms with Crippen molar-refractivity contribution in [2.75, 3.05) is 26.2 Å². The van der Waals surface area contributed by atoms with Crippen molar-refractivity contribution in [2.45, 2.75) is 25.8 Å². The lowest BCUT2D eigenvalue weighted by Gasteiger charge is -2.41. The minimum absolute atomic E-state index is 0.106. The molecule has 2 rings (SSSR count). The van der Waals surface area contributed by atoms with Gasteiger partial charge in [-0.05, 0) is 18.6 Å². The maximum absolute atomic E-state index is 12.6. The third-order valence-corrected chi connectivity index (χ3v) is 3.95. The van der Waals surface area contributed by atoms with Crippen molar-refractivity contribution >= 4 is 5.91 Å². The lowest BCUT2D eigenvalue weighted by Crippen LogP contribution is -2.55. The van der Waals surface area contributed by atoms with Gasteiger partial charge in [0.15, 0.2) is 0 Å². The van der Waals surface area contributed by atoms with Crippen molar-refractivity contribution in [1.82, 2.24) is 9.80 Å². The first-order valence-electron chi connectivity index (χ1n) is 7.25. The minimum Gasteiger partial charge on any atom is -0.508 e. The summed E-state index contributed by atoms with van der Waals surface area (Å²) in [5.41, 5.74) is 0.106. The molecule has 1 heterocycles. The molecule has 1 amide bonds. The zero-order valence-corrected chi connectivity index (χ0v) is 12.4. The summed E-state index contributed by atoms with van der Waals surface area (Å²) in [4.78, 5) is 15.7. The normalized spacial score (nSPS) is 19.6. The van der Waals surface area contributed by atoms with E-state index in [0.29, 0.717) is 26.1 Å². The summed E-state index contributed by atoms with van der Waals surface area (Å²) >= 11 is 0. The van der Waals surface area contributed by atoms with Gasteiger partial charge in [0.1, 0.15) is 11.5 Å². The summed E-state index contributed by atoms with van der Waals surface area (Å²) in [5.74, 6) is -0.761. The van der Waals surface area contributed by atoms with E-state index in [9.17, 15) is 23.8 Å². The molecule has 1 aromatic rings. The largest absolute Gasteiger partial charge is 0.508 e. The van der Waals surface area contributed by atoms with Crippen LogP contribution in [-0.2, 0) is 0 Å². The van der Waals surface area contributed by atoms with Crippen molar-refractivity contribution in [2.24, 2.45) is 0 Å². The van der Waals surface area contributed by atoms with Crippen molar-refractivity contribution < 1.29 is 23.8 Å². The molecule has 1 aromatic carbocycles. The van der Waals surface area contributed by atoms with E-state index in [1.807, 2.05) is 6.92 Å². The van der Waals surface area contributed by atoms with Crippen LogP contribution in [0.15, 0.2) is 18.2 Å². The van der Waals surface area contributed by atoms with Gasteiger partial charge in [-0.3, -0.25) is 9.69 Å². The maximum atomic E-state index is 12.6. The molecule has 122 valence electrons. The van der Waals surface area contributed by atoms with E-state index in [1.54, 1.807) is 9.80 Å². The number of amides is 1. The van der Waals surface area contributed by atoms with Gasteiger partial charge in [-0.15, -0.1) is 0 Å². The maximum Gasteiger partial charge on any atom is 0.257 e. The van der Waals surface area contributed by atoms with Crippen LogP contribution in [0.3, 0.4) is 0 Å². The molecule has 0 aliphatic carbocycles. The molecule has 5 nitrogen and oxygen atoms in total. The Morgan fingerprint density at radius 2 is 2.09 bits per heavy atom. The quantitative estimate of drug-likeness (QED) is 0.891. The second-order valence-corrected chi connectivity index (χ2v) is 5.40. The SMILES string of the molecule is CC[C@H]1CN(C(=O)c2ccc(O)cc2O)CCN1CC(F)F. The molecule has 7 heteroatoms. The molecule has 1 aliphatic rings. The van der Waals surface area contributed by atoms with Crippen molar-refractivity contribution in [3.8, 4) is 11.5 Å². The summed E-state index contributed by atoms with van der Waals surface area (Å²) in [7, 11) is 0. The predicted octanol–water partition coefficient (Wildman–Crippen LogP) is 1.90. The molecule has 0 aromatic heterocycles. The van der Waals surface area contributed by atoms with Crippen LogP contribution in [0.2, 0.25) is 0 Å². The summed E-state index contributed by atoms with van der Waals surface area (Å²) < 4.78 is 25.1. The first-order valence-corrected chi connectivity index (χ1v) is 7.25. The van der Waals surface area contributed by atoms with Crippen molar-refractivity contribution in [3.63, 3.8) is 0 Å². The minimum atomic E-state index is -2.39. The molecule has 2 N–H and O–H groups in total. The molecule has 1 aliphatic heterocycles. The molecule has 0 bridgehead atoms. The van der Waals surface area contributed by atoms with Gasteiger partial charge in [0.25, 0.3) is 12.3 Å². The number of piperazine rings is 1.